The first-order valence-electron chi connectivity index (χ1n) is 6.45. The van der Waals surface area contributed by atoms with Gasteiger partial charge in [0, 0.05) is 12.5 Å². The molecule has 1 aromatic rings. The molecule has 1 N–H and O–H groups in total. The van der Waals surface area contributed by atoms with Crippen LogP contribution in [0.1, 0.15) is 43.8 Å². The number of aliphatic hydroxyl groups excluding tert-OH is 1. The fraction of sp³-hybridized carbons (Fsp3) is 0.833. The van der Waals surface area contributed by atoms with Crippen molar-refractivity contribution >= 4 is 0 Å². The molecule has 1 saturated heterocycles. The smallest absolute Gasteiger partial charge is 0.229 e. The lowest BCUT2D eigenvalue weighted by Gasteiger charge is -2.15. The highest BCUT2D eigenvalue weighted by atomic mass is 16.5. The Bertz CT molecular complexity index is 387. The highest BCUT2D eigenvalue weighted by Gasteiger charge is 2.31. The van der Waals surface area contributed by atoms with Crippen LogP contribution >= 0.6 is 0 Å². The van der Waals surface area contributed by atoms with Gasteiger partial charge in [0.2, 0.25) is 5.89 Å². The minimum absolute atomic E-state index is 0.215. The average Bonchev–Trinajstić information content (AvgIpc) is 2.87. The van der Waals surface area contributed by atoms with E-state index in [2.05, 4.69) is 15.0 Å². The molecule has 2 atom stereocenters. The fourth-order valence-corrected chi connectivity index (χ4v) is 2.43. The zero-order valence-electron chi connectivity index (χ0n) is 10.2. The fourth-order valence-electron chi connectivity index (χ4n) is 2.43. The number of aliphatic hydroxyl groups is 1. The van der Waals surface area contributed by atoms with Crippen LogP contribution in [0.2, 0.25) is 0 Å². The van der Waals surface area contributed by atoms with Crippen LogP contribution in [0.5, 0.6) is 0 Å². The molecule has 0 aromatic carbocycles. The molecular weight excluding hydrogens is 218 g/mol. The minimum atomic E-state index is -0.215. The number of likely N-dealkylation sites (tertiary alicyclic amines) is 1. The van der Waals surface area contributed by atoms with Gasteiger partial charge >= 0.3 is 0 Å². The number of hydrogen-bond acceptors (Lipinski definition) is 5. The molecule has 5 nitrogen and oxygen atoms in total. The van der Waals surface area contributed by atoms with Gasteiger partial charge in [-0.05, 0) is 38.6 Å². The minimum Gasteiger partial charge on any atom is -0.393 e. The largest absolute Gasteiger partial charge is 0.393 e. The van der Waals surface area contributed by atoms with Crippen molar-refractivity contribution in [3.8, 4) is 0 Å². The number of nitrogens with zero attached hydrogens (tertiary/aromatic N) is 3. The molecule has 2 unspecified atom stereocenters. The first-order chi connectivity index (χ1) is 8.22. The lowest BCUT2D eigenvalue weighted by Crippen LogP contribution is -2.24. The molecule has 0 spiro atoms. The van der Waals surface area contributed by atoms with Gasteiger partial charge in [-0.25, -0.2) is 0 Å². The molecule has 0 bridgehead atoms. The Balaban J connectivity index is 1.56. The maximum Gasteiger partial charge on any atom is 0.229 e. The van der Waals surface area contributed by atoms with E-state index in [-0.39, 0.29) is 6.10 Å². The summed E-state index contributed by atoms with van der Waals surface area (Å²) in [4.78, 5) is 6.71. The van der Waals surface area contributed by atoms with E-state index in [9.17, 15) is 5.11 Å². The van der Waals surface area contributed by atoms with Gasteiger partial charge in [0.1, 0.15) is 0 Å². The van der Waals surface area contributed by atoms with Gasteiger partial charge in [0.05, 0.1) is 12.6 Å². The van der Waals surface area contributed by atoms with Crippen molar-refractivity contribution in [1.82, 2.24) is 15.0 Å². The van der Waals surface area contributed by atoms with Crippen LogP contribution in [0.3, 0.4) is 0 Å². The van der Waals surface area contributed by atoms with Crippen LogP contribution in [0.4, 0.5) is 0 Å². The van der Waals surface area contributed by atoms with Crippen LogP contribution < -0.4 is 0 Å². The molecule has 1 aromatic heterocycles. The van der Waals surface area contributed by atoms with E-state index < -0.39 is 0 Å². The molecule has 3 rings (SSSR count). The van der Waals surface area contributed by atoms with E-state index >= 15 is 0 Å². The quantitative estimate of drug-likeness (QED) is 0.851. The van der Waals surface area contributed by atoms with Gasteiger partial charge in [0.25, 0.3) is 0 Å². The van der Waals surface area contributed by atoms with Crippen molar-refractivity contribution in [3.05, 3.63) is 11.7 Å². The SMILES string of the molecule is CC(O)C1CCN(Cc2noc(C3CC3)n2)C1. The van der Waals surface area contributed by atoms with Crippen molar-refractivity contribution in [2.45, 2.75) is 44.8 Å². The summed E-state index contributed by atoms with van der Waals surface area (Å²) in [6.45, 7) is 4.57. The summed E-state index contributed by atoms with van der Waals surface area (Å²) in [5.41, 5.74) is 0. The Morgan fingerprint density at radius 3 is 2.94 bits per heavy atom. The lowest BCUT2D eigenvalue weighted by molar-refractivity contribution is 0.127. The van der Waals surface area contributed by atoms with Crippen LogP contribution in [0.15, 0.2) is 4.52 Å². The summed E-state index contributed by atoms with van der Waals surface area (Å²) in [7, 11) is 0. The standard InChI is InChI=1S/C12H19N3O2/c1-8(16)10-4-5-15(6-10)7-11-13-12(17-14-11)9-2-3-9/h8-10,16H,2-7H2,1H3. The second kappa shape index (κ2) is 4.38. The third-order valence-electron chi connectivity index (χ3n) is 3.77. The maximum absolute atomic E-state index is 9.54. The Kier molecular flexibility index (Phi) is 2.88. The summed E-state index contributed by atoms with van der Waals surface area (Å²) >= 11 is 0. The normalized spacial score (nSPS) is 27.5. The first kappa shape index (κ1) is 11.2. The molecule has 2 heterocycles. The molecule has 0 radical (unpaired) electrons. The van der Waals surface area contributed by atoms with E-state index in [1.165, 1.54) is 12.8 Å². The van der Waals surface area contributed by atoms with E-state index in [4.69, 9.17) is 4.52 Å². The molecule has 0 amide bonds. The van der Waals surface area contributed by atoms with Crippen molar-refractivity contribution in [2.75, 3.05) is 13.1 Å². The topological polar surface area (TPSA) is 62.4 Å². The van der Waals surface area contributed by atoms with Gasteiger partial charge in [-0.3, -0.25) is 4.90 Å². The Hall–Kier alpha value is -0.940. The monoisotopic (exact) mass is 237 g/mol. The molecule has 2 aliphatic rings. The molecule has 2 fully saturated rings. The van der Waals surface area contributed by atoms with Crippen LogP contribution in [-0.2, 0) is 6.54 Å². The number of rotatable bonds is 4. The van der Waals surface area contributed by atoms with Gasteiger partial charge in [-0.1, -0.05) is 5.16 Å². The second-order valence-corrected chi connectivity index (χ2v) is 5.35. The predicted octanol–water partition coefficient (Wildman–Crippen LogP) is 1.15. The Morgan fingerprint density at radius 1 is 1.47 bits per heavy atom. The third-order valence-corrected chi connectivity index (χ3v) is 3.77. The van der Waals surface area contributed by atoms with Crippen molar-refractivity contribution in [2.24, 2.45) is 5.92 Å². The summed E-state index contributed by atoms with van der Waals surface area (Å²) in [6, 6.07) is 0. The summed E-state index contributed by atoms with van der Waals surface area (Å²) in [6.07, 6.45) is 3.22. The number of aromatic nitrogens is 2. The highest BCUT2D eigenvalue weighted by Crippen LogP contribution is 2.38. The summed E-state index contributed by atoms with van der Waals surface area (Å²) in [5.74, 6) is 2.52. The molecule has 94 valence electrons. The maximum atomic E-state index is 9.54. The Labute approximate surface area is 101 Å². The molecule has 1 aliphatic heterocycles. The molecule has 1 aliphatic carbocycles. The zero-order chi connectivity index (χ0) is 11.8. The molecule has 5 heteroatoms. The van der Waals surface area contributed by atoms with Crippen molar-refractivity contribution < 1.29 is 9.63 Å². The van der Waals surface area contributed by atoms with Crippen LogP contribution in [-0.4, -0.2) is 39.3 Å². The molecule has 17 heavy (non-hydrogen) atoms. The average molecular weight is 237 g/mol. The molecular formula is C12H19N3O2. The predicted molar refractivity (Wildman–Crippen MR) is 61.3 cm³/mol. The van der Waals surface area contributed by atoms with E-state index in [0.717, 1.165) is 37.8 Å². The lowest BCUT2D eigenvalue weighted by atomic mass is 10.0. The van der Waals surface area contributed by atoms with E-state index in [1.54, 1.807) is 0 Å². The van der Waals surface area contributed by atoms with Crippen LogP contribution in [0.25, 0.3) is 0 Å². The van der Waals surface area contributed by atoms with E-state index in [1.807, 2.05) is 6.92 Å². The third kappa shape index (κ3) is 2.50. The summed E-state index contributed by atoms with van der Waals surface area (Å²) in [5, 5.41) is 13.6. The highest BCUT2D eigenvalue weighted by molar-refractivity contribution is 5.01. The molecule has 1 saturated carbocycles. The van der Waals surface area contributed by atoms with E-state index in [0.29, 0.717) is 11.8 Å². The van der Waals surface area contributed by atoms with Crippen molar-refractivity contribution in [3.63, 3.8) is 0 Å². The van der Waals surface area contributed by atoms with Gasteiger partial charge in [-0.15, -0.1) is 0 Å². The van der Waals surface area contributed by atoms with Gasteiger partial charge < -0.3 is 9.63 Å². The van der Waals surface area contributed by atoms with Gasteiger partial charge in [-0.2, -0.15) is 4.98 Å². The van der Waals surface area contributed by atoms with Crippen LogP contribution in [0, 0.1) is 5.92 Å². The Morgan fingerprint density at radius 2 is 2.29 bits per heavy atom. The van der Waals surface area contributed by atoms with Crippen molar-refractivity contribution in [1.29, 1.82) is 0 Å². The van der Waals surface area contributed by atoms with Gasteiger partial charge in [0.15, 0.2) is 5.82 Å². The first-order valence-corrected chi connectivity index (χ1v) is 6.45. The zero-order valence-corrected chi connectivity index (χ0v) is 10.2. The summed E-state index contributed by atoms with van der Waals surface area (Å²) < 4.78 is 5.24. The second-order valence-electron chi connectivity index (χ2n) is 5.35. The number of hydrogen-bond donors (Lipinski definition) is 1.